The Kier molecular flexibility index (Phi) is 7.70. The Bertz CT molecular complexity index is 814. The molecule has 0 spiro atoms. The lowest BCUT2D eigenvalue weighted by Crippen LogP contribution is -2.43. The monoisotopic (exact) mass is 532 g/mol. The fraction of sp³-hybridized carbons (Fsp3) is 0.222. The van der Waals surface area contributed by atoms with Crippen molar-refractivity contribution in [2.75, 3.05) is 13.7 Å². The number of halogens is 2. The van der Waals surface area contributed by atoms with Gasteiger partial charge < -0.3 is 9.47 Å². The molecule has 0 saturated carbocycles. The Morgan fingerprint density at radius 2 is 1.85 bits per heavy atom. The van der Waals surface area contributed by atoms with Crippen molar-refractivity contribution in [3.05, 3.63) is 55.6 Å². The van der Waals surface area contributed by atoms with E-state index in [-0.39, 0.29) is 6.61 Å². The van der Waals surface area contributed by atoms with E-state index in [2.05, 4.69) is 56.3 Å². The van der Waals surface area contributed by atoms with Crippen LogP contribution >= 0.6 is 38.5 Å². The molecule has 0 aliphatic carbocycles. The van der Waals surface area contributed by atoms with Crippen molar-refractivity contribution >= 4 is 50.3 Å². The van der Waals surface area contributed by atoms with Crippen molar-refractivity contribution in [1.29, 1.82) is 0 Å². The standard InChI is InChI=1S/C18H18BrIN2O4/c1-3-11-4-6-15(13(19)8-11)26-10-17(23)21-22-18(24)12-5-7-16(25-2)14(20)9-12/h4-9H,3,10H2,1-2H3,(H,21,23)(H,22,24). The molecule has 0 unspecified atom stereocenters. The minimum atomic E-state index is -0.465. The smallest absolute Gasteiger partial charge is 0.276 e. The summed E-state index contributed by atoms with van der Waals surface area (Å²) in [5, 5.41) is 0. The Morgan fingerprint density at radius 3 is 2.46 bits per heavy atom. The van der Waals surface area contributed by atoms with E-state index in [1.807, 2.05) is 12.1 Å². The summed E-state index contributed by atoms with van der Waals surface area (Å²) in [6, 6.07) is 10.7. The van der Waals surface area contributed by atoms with Crippen LogP contribution in [0.1, 0.15) is 22.8 Å². The lowest BCUT2D eigenvalue weighted by molar-refractivity contribution is -0.123. The maximum atomic E-state index is 12.1. The molecule has 138 valence electrons. The first-order valence-corrected chi connectivity index (χ1v) is 9.65. The molecule has 2 rings (SSSR count). The van der Waals surface area contributed by atoms with Gasteiger partial charge in [-0.1, -0.05) is 13.0 Å². The van der Waals surface area contributed by atoms with Crippen LogP contribution in [0.2, 0.25) is 0 Å². The highest BCUT2D eigenvalue weighted by Gasteiger charge is 2.11. The van der Waals surface area contributed by atoms with Crippen LogP contribution in [0.15, 0.2) is 40.9 Å². The van der Waals surface area contributed by atoms with Gasteiger partial charge in [-0.05, 0) is 80.8 Å². The van der Waals surface area contributed by atoms with Crippen LogP contribution in [0.3, 0.4) is 0 Å². The molecule has 0 bridgehead atoms. The molecule has 2 aromatic carbocycles. The summed E-state index contributed by atoms with van der Waals surface area (Å²) >= 11 is 5.48. The highest BCUT2D eigenvalue weighted by atomic mass is 127. The second-order valence-corrected chi connectivity index (χ2v) is 7.28. The number of hydrogen-bond acceptors (Lipinski definition) is 4. The van der Waals surface area contributed by atoms with Crippen molar-refractivity contribution in [1.82, 2.24) is 10.9 Å². The number of aryl methyl sites for hydroxylation is 1. The van der Waals surface area contributed by atoms with E-state index in [9.17, 15) is 9.59 Å². The predicted octanol–water partition coefficient (Wildman–Crippen LogP) is 3.46. The largest absolute Gasteiger partial charge is 0.496 e. The molecule has 0 fully saturated rings. The molecule has 2 N–H and O–H groups in total. The van der Waals surface area contributed by atoms with Gasteiger partial charge in [-0.2, -0.15) is 0 Å². The molecular formula is C18H18BrIN2O4. The number of rotatable bonds is 6. The van der Waals surface area contributed by atoms with E-state index in [1.54, 1.807) is 31.4 Å². The van der Waals surface area contributed by atoms with Gasteiger partial charge in [0.1, 0.15) is 11.5 Å². The van der Waals surface area contributed by atoms with E-state index in [1.165, 1.54) is 0 Å². The molecule has 26 heavy (non-hydrogen) atoms. The summed E-state index contributed by atoms with van der Waals surface area (Å²) in [4.78, 5) is 23.9. The number of carbonyl (C=O) groups is 2. The highest BCUT2D eigenvalue weighted by molar-refractivity contribution is 14.1. The number of hydrazine groups is 1. The highest BCUT2D eigenvalue weighted by Crippen LogP contribution is 2.26. The molecule has 0 atom stereocenters. The fourth-order valence-electron chi connectivity index (χ4n) is 2.07. The molecule has 0 radical (unpaired) electrons. The normalized spacial score (nSPS) is 10.2. The molecule has 0 aromatic heterocycles. The second kappa shape index (κ2) is 9.77. The molecule has 0 aliphatic heterocycles. The van der Waals surface area contributed by atoms with Crippen LogP contribution < -0.4 is 20.3 Å². The van der Waals surface area contributed by atoms with Crippen molar-refractivity contribution in [3.8, 4) is 11.5 Å². The SMILES string of the molecule is CCc1ccc(OCC(=O)NNC(=O)c2ccc(OC)c(I)c2)c(Br)c1. The third-order valence-corrected chi connectivity index (χ3v) is 4.96. The summed E-state index contributed by atoms with van der Waals surface area (Å²) < 4.78 is 12.2. The van der Waals surface area contributed by atoms with E-state index in [0.717, 1.165) is 20.0 Å². The van der Waals surface area contributed by atoms with Gasteiger partial charge >= 0.3 is 0 Å². The predicted molar refractivity (Wildman–Crippen MR) is 110 cm³/mol. The van der Waals surface area contributed by atoms with Crippen molar-refractivity contribution in [3.63, 3.8) is 0 Å². The van der Waals surface area contributed by atoms with E-state index in [4.69, 9.17) is 9.47 Å². The number of carbonyl (C=O) groups excluding carboxylic acids is 2. The summed E-state index contributed by atoms with van der Waals surface area (Å²) in [7, 11) is 1.56. The van der Waals surface area contributed by atoms with Crippen LogP contribution in [-0.2, 0) is 11.2 Å². The Labute approximate surface area is 173 Å². The van der Waals surface area contributed by atoms with Crippen LogP contribution in [0.25, 0.3) is 0 Å². The topological polar surface area (TPSA) is 76.7 Å². The zero-order valence-corrected chi connectivity index (χ0v) is 18.0. The van der Waals surface area contributed by atoms with Gasteiger partial charge in [0.25, 0.3) is 11.8 Å². The number of nitrogens with one attached hydrogen (secondary N) is 2. The molecular weight excluding hydrogens is 515 g/mol. The third kappa shape index (κ3) is 5.60. The fourth-order valence-corrected chi connectivity index (χ4v) is 3.34. The molecule has 0 saturated heterocycles. The van der Waals surface area contributed by atoms with Crippen molar-refractivity contribution < 1.29 is 19.1 Å². The van der Waals surface area contributed by atoms with Gasteiger partial charge in [0.2, 0.25) is 0 Å². The Balaban J connectivity index is 1.85. The maximum absolute atomic E-state index is 12.1. The average molecular weight is 533 g/mol. The van der Waals surface area contributed by atoms with Crippen molar-refractivity contribution in [2.45, 2.75) is 13.3 Å². The van der Waals surface area contributed by atoms with Crippen LogP contribution in [-0.4, -0.2) is 25.5 Å². The zero-order chi connectivity index (χ0) is 19.1. The third-order valence-electron chi connectivity index (χ3n) is 3.49. The lowest BCUT2D eigenvalue weighted by atomic mass is 10.2. The molecule has 2 amide bonds. The molecule has 0 heterocycles. The molecule has 2 aromatic rings. The van der Waals surface area contributed by atoms with Gasteiger partial charge in [-0.3, -0.25) is 20.4 Å². The molecule has 0 aliphatic rings. The zero-order valence-electron chi connectivity index (χ0n) is 14.3. The first kappa shape index (κ1) is 20.5. The van der Waals surface area contributed by atoms with E-state index in [0.29, 0.717) is 17.1 Å². The minimum Gasteiger partial charge on any atom is -0.496 e. The second-order valence-electron chi connectivity index (χ2n) is 5.26. The van der Waals surface area contributed by atoms with Crippen LogP contribution in [0.5, 0.6) is 11.5 Å². The number of amides is 2. The van der Waals surface area contributed by atoms with E-state index >= 15 is 0 Å². The number of ether oxygens (including phenoxy) is 2. The first-order chi connectivity index (χ1) is 12.4. The summed E-state index contributed by atoms with van der Waals surface area (Å²) in [6.07, 6.45) is 0.912. The summed E-state index contributed by atoms with van der Waals surface area (Å²) in [6.45, 7) is 1.84. The molecule has 6 nitrogen and oxygen atoms in total. The quantitative estimate of drug-likeness (QED) is 0.441. The summed E-state index contributed by atoms with van der Waals surface area (Å²) in [5.74, 6) is 0.355. The van der Waals surface area contributed by atoms with E-state index < -0.39 is 11.8 Å². The van der Waals surface area contributed by atoms with Gasteiger partial charge in [-0.25, -0.2) is 0 Å². The van der Waals surface area contributed by atoms with Gasteiger partial charge in [0.15, 0.2) is 6.61 Å². The average Bonchev–Trinajstić information content (AvgIpc) is 2.64. The summed E-state index contributed by atoms with van der Waals surface area (Å²) in [5.41, 5.74) is 6.26. The Morgan fingerprint density at radius 1 is 1.12 bits per heavy atom. The Hall–Kier alpha value is -1.81. The van der Waals surface area contributed by atoms with Gasteiger partial charge in [0.05, 0.1) is 15.2 Å². The maximum Gasteiger partial charge on any atom is 0.276 e. The van der Waals surface area contributed by atoms with Gasteiger partial charge in [-0.15, -0.1) is 0 Å². The first-order valence-electron chi connectivity index (χ1n) is 7.78. The number of methoxy groups -OCH3 is 1. The van der Waals surface area contributed by atoms with Crippen LogP contribution in [0.4, 0.5) is 0 Å². The van der Waals surface area contributed by atoms with Gasteiger partial charge in [0, 0.05) is 5.56 Å². The molecule has 8 heteroatoms. The number of benzene rings is 2. The lowest BCUT2D eigenvalue weighted by Gasteiger charge is -2.11. The van der Waals surface area contributed by atoms with Crippen molar-refractivity contribution in [2.24, 2.45) is 0 Å². The number of hydrogen-bond donors (Lipinski definition) is 2. The van der Waals surface area contributed by atoms with Crippen LogP contribution in [0, 0.1) is 3.57 Å². The minimum absolute atomic E-state index is 0.218.